The lowest BCUT2D eigenvalue weighted by molar-refractivity contribution is 0.471. The van der Waals surface area contributed by atoms with Gasteiger partial charge in [0.1, 0.15) is 5.75 Å². The number of anilines is 1. The molecule has 1 fully saturated rings. The molecule has 0 aromatic heterocycles. The maximum Gasteiger partial charge on any atom is 0.130 e. The number of aromatic hydroxyl groups is 1. The highest BCUT2D eigenvalue weighted by Crippen LogP contribution is 2.69. The fraction of sp³-hybridized carbons (Fsp3) is 0.238. The molecule has 0 radical (unpaired) electrons. The molecule has 45 heavy (non-hydrogen) atoms. The average molecular weight is 589 g/mol. The Morgan fingerprint density at radius 1 is 0.800 bits per heavy atom. The highest BCUT2D eigenvalue weighted by molar-refractivity contribution is 5.84. The summed E-state index contributed by atoms with van der Waals surface area (Å²) in [6, 6.07) is 26.2. The fourth-order valence-electron chi connectivity index (χ4n) is 8.18. The molecule has 3 heteroatoms. The van der Waals surface area contributed by atoms with Crippen molar-refractivity contribution in [3.63, 3.8) is 0 Å². The molecule has 3 atom stereocenters. The second-order valence-electron chi connectivity index (χ2n) is 12.9. The second-order valence-corrected chi connectivity index (χ2v) is 12.9. The van der Waals surface area contributed by atoms with E-state index in [1.807, 2.05) is 6.07 Å². The molecule has 2 unspecified atom stereocenters. The Bertz CT molecular complexity index is 1850. The van der Waals surface area contributed by atoms with Crippen molar-refractivity contribution < 1.29 is 5.11 Å². The number of allylic oxidation sites excluding steroid dienone is 11. The van der Waals surface area contributed by atoms with Crippen molar-refractivity contribution in [2.24, 2.45) is 11.3 Å². The van der Waals surface area contributed by atoms with E-state index in [1.54, 1.807) is 0 Å². The van der Waals surface area contributed by atoms with Gasteiger partial charge in [-0.25, -0.2) is 0 Å². The van der Waals surface area contributed by atoms with E-state index in [9.17, 15) is 5.11 Å². The molecule has 1 aliphatic heterocycles. The highest BCUT2D eigenvalue weighted by Gasteiger charge is 2.70. The Labute approximate surface area is 267 Å². The predicted octanol–water partition coefficient (Wildman–Crippen LogP) is 9.74. The van der Waals surface area contributed by atoms with E-state index >= 15 is 0 Å². The van der Waals surface area contributed by atoms with Crippen molar-refractivity contribution in [3.8, 4) is 16.9 Å². The van der Waals surface area contributed by atoms with Crippen molar-refractivity contribution in [3.05, 3.63) is 156 Å². The first-order chi connectivity index (χ1) is 22.1. The molecule has 224 valence electrons. The molecular weight excluding hydrogens is 548 g/mol. The number of phenolic OH excluding ortho intramolecular Hbond substituents is 1. The Balaban J connectivity index is 1.04. The zero-order chi connectivity index (χ0) is 30.4. The van der Waals surface area contributed by atoms with Crippen LogP contribution in [0.15, 0.2) is 144 Å². The second kappa shape index (κ2) is 11.3. The molecule has 5 aliphatic rings. The van der Waals surface area contributed by atoms with Gasteiger partial charge in [-0.05, 0) is 79.5 Å². The summed E-state index contributed by atoms with van der Waals surface area (Å²) in [7, 11) is 0. The molecule has 3 nitrogen and oxygen atoms in total. The van der Waals surface area contributed by atoms with E-state index in [4.69, 9.17) is 0 Å². The smallest absolute Gasteiger partial charge is 0.130 e. The largest absolute Gasteiger partial charge is 0.507 e. The van der Waals surface area contributed by atoms with Crippen LogP contribution >= 0.6 is 0 Å². The summed E-state index contributed by atoms with van der Waals surface area (Å²) in [6.07, 6.45) is 25.4. The summed E-state index contributed by atoms with van der Waals surface area (Å²) in [5.41, 5.74) is 12.1. The number of nitrogens with one attached hydrogen (secondary N) is 1. The van der Waals surface area contributed by atoms with E-state index < -0.39 is 0 Å². The Morgan fingerprint density at radius 2 is 1.62 bits per heavy atom. The summed E-state index contributed by atoms with van der Waals surface area (Å²) in [6.45, 7) is 3.19. The van der Waals surface area contributed by atoms with Gasteiger partial charge in [-0.15, -0.1) is 0 Å². The minimum atomic E-state index is 0.0154. The van der Waals surface area contributed by atoms with Crippen LogP contribution in [-0.4, -0.2) is 17.7 Å². The number of benzene rings is 3. The van der Waals surface area contributed by atoms with Crippen LogP contribution in [0.5, 0.6) is 5.75 Å². The maximum atomic E-state index is 11.2. The number of hydrogen-bond acceptors (Lipinski definition) is 3. The molecule has 1 saturated carbocycles. The Morgan fingerprint density at radius 3 is 2.40 bits per heavy atom. The van der Waals surface area contributed by atoms with E-state index in [0.717, 1.165) is 55.3 Å². The van der Waals surface area contributed by atoms with E-state index in [0.29, 0.717) is 17.7 Å². The van der Waals surface area contributed by atoms with Crippen LogP contribution in [0.2, 0.25) is 0 Å². The molecule has 8 rings (SSSR count). The zero-order valence-electron chi connectivity index (χ0n) is 25.9. The minimum absolute atomic E-state index is 0.0154. The lowest BCUT2D eigenvalue weighted by Gasteiger charge is -2.34. The molecule has 0 amide bonds. The lowest BCUT2D eigenvalue weighted by atomic mass is 9.89. The lowest BCUT2D eigenvalue weighted by Crippen LogP contribution is -2.34. The fourth-order valence-corrected chi connectivity index (χ4v) is 8.18. The number of rotatable bonds is 6. The number of para-hydroxylation sites is 1. The molecule has 3 aromatic rings. The number of phenols is 1. The van der Waals surface area contributed by atoms with E-state index in [2.05, 4.69) is 139 Å². The molecule has 3 aromatic carbocycles. The van der Waals surface area contributed by atoms with Gasteiger partial charge in [-0.3, -0.25) is 0 Å². The van der Waals surface area contributed by atoms with Crippen molar-refractivity contribution in [1.29, 1.82) is 0 Å². The van der Waals surface area contributed by atoms with Gasteiger partial charge in [-0.1, -0.05) is 115 Å². The van der Waals surface area contributed by atoms with Crippen LogP contribution in [0, 0.1) is 11.3 Å². The average Bonchev–Trinajstić information content (AvgIpc) is 3.54. The minimum Gasteiger partial charge on any atom is -0.507 e. The quantitative estimate of drug-likeness (QED) is 0.301. The molecule has 0 bridgehead atoms. The summed E-state index contributed by atoms with van der Waals surface area (Å²) >= 11 is 0. The summed E-state index contributed by atoms with van der Waals surface area (Å²) in [4.78, 5) is 2.53. The summed E-state index contributed by atoms with van der Waals surface area (Å²) < 4.78 is 0. The van der Waals surface area contributed by atoms with Crippen LogP contribution in [0.4, 0.5) is 5.69 Å². The Hall–Kier alpha value is -4.76. The maximum absolute atomic E-state index is 11.2. The van der Waals surface area contributed by atoms with Gasteiger partial charge >= 0.3 is 0 Å². The molecular formula is C42H40N2O. The first kappa shape index (κ1) is 27.8. The summed E-state index contributed by atoms with van der Waals surface area (Å²) in [5, 5.41) is 15.3. The SMILES string of the molecule is C/C1=C\C=C/CN(c2ccc(-c3ccccc3)cc2)C2=CCC3C(NC4=CC=C(c5cccc(C6=CCCC=C6)c5O)CC4)[C@@]213. The molecule has 2 N–H and O–H groups in total. The molecule has 0 saturated heterocycles. The molecule has 1 spiro atoms. The highest BCUT2D eigenvalue weighted by atomic mass is 16.3. The van der Waals surface area contributed by atoms with Gasteiger partial charge in [0.25, 0.3) is 0 Å². The zero-order valence-corrected chi connectivity index (χ0v) is 25.9. The van der Waals surface area contributed by atoms with Gasteiger partial charge in [0, 0.05) is 46.7 Å². The normalized spacial score (nSPS) is 27.0. The van der Waals surface area contributed by atoms with Crippen molar-refractivity contribution in [1.82, 2.24) is 5.32 Å². The van der Waals surface area contributed by atoms with Crippen LogP contribution in [0.3, 0.4) is 0 Å². The standard InChI is InChI=1S/C42H40N2O/c1-29-11-8-9-28-44(35-24-20-31(21-25-35)30-12-4-2-5-13-30)39-27-26-38-41(42(29,38)39)43-34-22-18-33(19-23-34)37-17-10-16-36(40(37)45)32-14-6-3-7-15-32/h2,4-6,8-18,20-22,24-25,27,38,41,43,45H,3,7,19,23,26,28H2,1H3/b9-8-,29-11+/t38?,41?,42-/m0/s1. The third-order valence-corrected chi connectivity index (χ3v) is 10.5. The van der Waals surface area contributed by atoms with Crippen molar-refractivity contribution >= 4 is 16.8 Å². The third kappa shape index (κ3) is 4.73. The Kier molecular flexibility index (Phi) is 6.98. The van der Waals surface area contributed by atoms with Gasteiger partial charge in [0.15, 0.2) is 0 Å². The predicted molar refractivity (Wildman–Crippen MR) is 187 cm³/mol. The van der Waals surface area contributed by atoms with Gasteiger partial charge in [-0.2, -0.15) is 0 Å². The van der Waals surface area contributed by atoms with Crippen molar-refractivity contribution in [2.45, 2.75) is 45.1 Å². The first-order valence-electron chi connectivity index (χ1n) is 16.5. The van der Waals surface area contributed by atoms with Crippen LogP contribution < -0.4 is 10.2 Å². The third-order valence-electron chi connectivity index (χ3n) is 10.5. The van der Waals surface area contributed by atoms with E-state index in [-0.39, 0.29) is 5.41 Å². The van der Waals surface area contributed by atoms with Gasteiger partial charge in [0.05, 0.1) is 5.41 Å². The van der Waals surface area contributed by atoms with Gasteiger partial charge < -0.3 is 15.3 Å². The molecule has 1 heterocycles. The van der Waals surface area contributed by atoms with Crippen LogP contribution in [-0.2, 0) is 0 Å². The van der Waals surface area contributed by atoms with Crippen molar-refractivity contribution in [2.75, 3.05) is 11.4 Å². The monoisotopic (exact) mass is 588 g/mol. The summed E-state index contributed by atoms with van der Waals surface area (Å²) in [5.74, 6) is 0.960. The molecule has 4 aliphatic carbocycles. The number of hydrogen-bond donors (Lipinski definition) is 2. The van der Waals surface area contributed by atoms with Gasteiger partial charge in [0.2, 0.25) is 0 Å². The topological polar surface area (TPSA) is 35.5 Å². The first-order valence-corrected chi connectivity index (χ1v) is 16.5. The van der Waals surface area contributed by atoms with E-state index in [1.165, 1.54) is 39.4 Å². The van der Waals surface area contributed by atoms with Crippen LogP contribution in [0.1, 0.15) is 50.2 Å². The van der Waals surface area contributed by atoms with Crippen LogP contribution in [0.25, 0.3) is 22.3 Å². The number of nitrogens with zero attached hydrogens (tertiary/aromatic N) is 1.